The van der Waals surface area contributed by atoms with E-state index in [1.165, 1.54) is 26.8 Å². The van der Waals surface area contributed by atoms with Gasteiger partial charge in [0, 0.05) is 12.6 Å². The molecule has 0 saturated heterocycles. The smallest absolute Gasteiger partial charge is 0.326 e. The number of anilines is 2. The van der Waals surface area contributed by atoms with Gasteiger partial charge in [-0.1, -0.05) is 15.9 Å². The average molecular weight is 367 g/mol. The molecule has 8 heteroatoms. The number of halogens is 4. The van der Waals surface area contributed by atoms with Crippen molar-refractivity contribution in [3.05, 3.63) is 23.8 Å². The van der Waals surface area contributed by atoms with E-state index in [-0.39, 0.29) is 11.4 Å². The number of hydrogen-bond acceptors (Lipinski definition) is 2. The van der Waals surface area contributed by atoms with Crippen LogP contribution in [0.15, 0.2) is 18.2 Å². The van der Waals surface area contributed by atoms with Crippen molar-refractivity contribution in [2.24, 2.45) is 0 Å². The highest BCUT2D eigenvalue weighted by molar-refractivity contribution is 9.10. The van der Waals surface area contributed by atoms with E-state index in [0.717, 1.165) is 12.1 Å². The first-order valence-electron chi connectivity index (χ1n) is 5.90. The van der Waals surface area contributed by atoms with E-state index >= 15 is 0 Å². The first kappa shape index (κ1) is 17.5. The molecule has 0 saturated carbocycles. The number of amides is 2. The molecule has 0 aliphatic rings. The van der Waals surface area contributed by atoms with Crippen LogP contribution in [0.5, 0.6) is 0 Å². The molecule has 0 bridgehead atoms. The summed E-state index contributed by atoms with van der Waals surface area (Å²) in [5.41, 5.74) is -1.39. The minimum atomic E-state index is -4.66. The lowest BCUT2D eigenvalue weighted by Gasteiger charge is -2.19. The Hall–Kier alpha value is -1.57. The molecule has 2 N–H and O–H groups in total. The molecule has 0 aliphatic heterocycles. The molecule has 0 unspecified atom stereocenters. The third-order valence-corrected chi connectivity index (χ3v) is 2.79. The van der Waals surface area contributed by atoms with E-state index in [9.17, 15) is 22.8 Å². The number of carbonyl (C=O) groups is 2. The van der Waals surface area contributed by atoms with Crippen molar-refractivity contribution in [2.75, 3.05) is 10.6 Å². The SMILES string of the molecule is CC(=O)Nc1ccc(NC(=O)C(C)(C)Br)c(C(F)(F)F)c1. The zero-order chi connectivity index (χ0) is 16.4. The van der Waals surface area contributed by atoms with Crippen molar-refractivity contribution in [1.29, 1.82) is 0 Å². The molecule has 1 aromatic carbocycles. The van der Waals surface area contributed by atoms with E-state index in [2.05, 4.69) is 26.6 Å². The third kappa shape index (κ3) is 5.04. The summed E-state index contributed by atoms with van der Waals surface area (Å²) in [5, 5.41) is 4.49. The first-order valence-corrected chi connectivity index (χ1v) is 6.70. The lowest BCUT2D eigenvalue weighted by Crippen LogP contribution is -2.31. The highest BCUT2D eigenvalue weighted by Crippen LogP contribution is 2.37. The second-order valence-electron chi connectivity index (χ2n) is 4.87. The topological polar surface area (TPSA) is 58.2 Å². The number of rotatable bonds is 3. The Kier molecular flexibility index (Phi) is 5.03. The predicted molar refractivity (Wildman–Crippen MR) is 77.4 cm³/mol. The number of nitrogens with one attached hydrogen (secondary N) is 2. The van der Waals surface area contributed by atoms with E-state index < -0.39 is 27.9 Å². The summed E-state index contributed by atoms with van der Waals surface area (Å²) in [6.07, 6.45) is -4.66. The van der Waals surface area contributed by atoms with Gasteiger partial charge in [0.05, 0.1) is 15.6 Å². The van der Waals surface area contributed by atoms with Crippen molar-refractivity contribution >= 4 is 39.1 Å². The summed E-state index contributed by atoms with van der Waals surface area (Å²) in [4.78, 5) is 22.7. The number of carbonyl (C=O) groups excluding carboxylic acids is 2. The fourth-order valence-corrected chi connectivity index (χ4v) is 1.54. The van der Waals surface area contributed by atoms with Gasteiger partial charge in [-0.25, -0.2) is 0 Å². The van der Waals surface area contributed by atoms with Gasteiger partial charge in [0.2, 0.25) is 11.8 Å². The molecular formula is C13H14BrF3N2O2. The van der Waals surface area contributed by atoms with Crippen LogP contribution in [0, 0.1) is 0 Å². The Morgan fingerprint density at radius 2 is 1.71 bits per heavy atom. The van der Waals surface area contributed by atoms with E-state index in [1.54, 1.807) is 0 Å². The molecule has 0 fully saturated rings. The second kappa shape index (κ2) is 6.05. The number of alkyl halides is 4. The van der Waals surface area contributed by atoms with Crippen LogP contribution >= 0.6 is 15.9 Å². The van der Waals surface area contributed by atoms with Gasteiger partial charge >= 0.3 is 6.18 Å². The van der Waals surface area contributed by atoms with Crippen LogP contribution in [0.25, 0.3) is 0 Å². The number of hydrogen-bond donors (Lipinski definition) is 2. The zero-order valence-corrected chi connectivity index (χ0v) is 13.1. The molecule has 0 aliphatic carbocycles. The largest absolute Gasteiger partial charge is 0.418 e. The standard InChI is InChI=1S/C13H14BrF3N2O2/c1-7(20)18-8-4-5-10(9(6-8)13(15,16)17)19-11(21)12(2,3)14/h4-6H,1-3H3,(H,18,20)(H,19,21). The first-order chi connectivity index (χ1) is 9.41. The van der Waals surface area contributed by atoms with Crippen LogP contribution in [-0.4, -0.2) is 16.1 Å². The molecule has 0 radical (unpaired) electrons. The third-order valence-electron chi connectivity index (χ3n) is 2.43. The predicted octanol–water partition coefficient (Wildman–Crippen LogP) is 3.78. The number of benzene rings is 1. The van der Waals surface area contributed by atoms with Crippen LogP contribution in [0.3, 0.4) is 0 Å². The van der Waals surface area contributed by atoms with Crippen molar-refractivity contribution in [1.82, 2.24) is 0 Å². The Labute approximate surface area is 128 Å². The lowest BCUT2D eigenvalue weighted by molar-refractivity contribution is -0.137. The maximum Gasteiger partial charge on any atom is 0.418 e. The second-order valence-corrected chi connectivity index (χ2v) is 6.85. The molecule has 21 heavy (non-hydrogen) atoms. The van der Waals surface area contributed by atoms with Gasteiger partial charge in [0.15, 0.2) is 0 Å². The minimum absolute atomic E-state index is 0.00549. The summed E-state index contributed by atoms with van der Waals surface area (Å²) in [6.45, 7) is 4.22. The Balaban J connectivity index is 3.20. The molecule has 0 spiro atoms. The average Bonchev–Trinajstić information content (AvgIpc) is 2.27. The van der Waals surface area contributed by atoms with E-state index in [0.29, 0.717) is 0 Å². The zero-order valence-electron chi connectivity index (χ0n) is 11.6. The molecule has 1 aromatic rings. The van der Waals surface area contributed by atoms with Crippen molar-refractivity contribution < 1.29 is 22.8 Å². The molecule has 1 rings (SSSR count). The fourth-order valence-electron chi connectivity index (χ4n) is 1.44. The van der Waals surface area contributed by atoms with Gasteiger partial charge in [0.1, 0.15) is 0 Å². The maximum atomic E-state index is 13.0. The summed E-state index contributed by atoms with van der Waals surface area (Å²) >= 11 is 3.07. The van der Waals surface area contributed by atoms with Gasteiger partial charge in [0.25, 0.3) is 0 Å². The monoisotopic (exact) mass is 366 g/mol. The fraction of sp³-hybridized carbons (Fsp3) is 0.385. The Morgan fingerprint density at radius 3 is 2.14 bits per heavy atom. The Morgan fingerprint density at radius 1 is 1.14 bits per heavy atom. The van der Waals surface area contributed by atoms with Gasteiger partial charge in [-0.3, -0.25) is 9.59 Å². The Bertz CT molecular complexity index is 566. The van der Waals surface area contributed by atoms with Crippen LogP contribution in [-0.2, 0) is 15.8 Å². The summed E-state index contributed by atoms with van der Waals surface area (Å²) < 4.78 is 38.1. The quantitative estimate of drug-likeness (QED) is 0.799. The van der Waals surface area contributed by atoms with Crippen LogP contribution in [0.1, 0.15) is 26.3 Å². The minimum Gasteiger partial charge on any atom is -0.326 e. The van der Waals surface area contributed by atoms with E-state index in [4.69, 9.17) is 0 Å². The van der Waals surface area contributed by atoms with E-state index in [1.807, 2.05) is 0 Å². The maximum absolute atomic E-state index is 13.0. The molecular weight excluding hydrogens is 353 g/mol. The lowest BCUT2D eigenvalue weighted by atomic mass is 10.1. The van der Waals surface area contributed by atoms with Crippen molar-refractivity contribution in [3.8, 4) is 0 Å². The van der Waals surface area contributed by atoms with Crippen molar-refractivity contribution in [2.45, 2.75) is 31.3 Å². The molecule has 0 aromatic heterocycles. The summed E-state index contributed by atoms with van der Waals surface area (Å²) in [7, 11) is 0. The van der Waals surface area contributed by atoms with Gasteiger partial charge in [-0.15, -0.1) is 0 Å². The normalized spacial score (nSPS) is 12.0. The molecule has 2 amide bonds. The summed E-state index contributed by atoms with van der Waals surface area (Å²) in [5.74, 6) is -1.10. The van der Waals surface area contributed by atoms with Crippen LogP contribution in [0.2, 0.25) is 0 Å². The molecule has 4 nitrogen and oxygen atoms in total. The van der Waals surface area contributed by atoms with Crippen LogP contribution < -0.4 is 10.6 Å². The summed E-state index contributed by atoms with van der Waals surface area (Å²) in [6, 6.07) is 3.16. The van der Waals surface area contributed by atoms with Gasteiger partial charge in [-0.2, -0.15) is 13.2 Å². The van der Waals surface area contributed by atoms with Gasteiger partial charge in [-0.05, 0) is 32.0 Å². The van der Waals surface area contributed by atoms with Crippen molar-refractivity contribution in [3.63, 3.8) is 0 Å². The molecule has 0 atom stereocenters. The van der Waals surface area contributed by atoms with Crippen LogP contribution in [0.4, 0.5) is 24.5 Å². The highest BCUT2D eigenvalue weighted by Gasteiger charge is 2.35. The van der Waals surface area contributed by atoms with Gasteiger partial charge < -0.3 is 10.6 Å². The molecule has 0 heterocycles. The highest BCUT2D eigenvalue weighted by atomic mass is 79.9. The molecule has 116 valence electrons.